The molecule has 0 saturated carbocycles. The molecule has 2 N–H and O–H groups in total. The van der Waals surface area contributed by atoms with Crippen LogP contribution < -0.4 is 5.73 Å². The third-order valence-electron chi connectivity index (χ3n) is 2.99. The van der Waals surface area contributed by atoms with Crippen molar-refractivity contribution in [3.63, 3.8) is 0 Å². The van der Waals surface area contributed by atoms with Crippen LogP contribution >= 0.6 is 0 Å². The second-order valence-electron chi connectivity index (χ2n) is 4.11. The first-order valence-corrected chi connectivity index (χ1v) is 5.59. The molecule has 1 aromatic carbocycles. The predicted molar refractivity (Wildman–Crippen MR) is 66.3 cm³/mol. The van der Waals surface area contributed by atoms with Gasteiger partial charge in [0, 0.05) is 18.0 Å². The lowest BCUT2D eigenvalue weighted by Gasteiger charge is -2.00. The number of nitrogens with zero attached hydrogens (tertiary/aromatic N) is 2. The summed E-state index contributed by atoms with van der Waals surface area (Å²) in [4.78, 5) is 4.06. The number of aromatic nitrogens is 2. The number of fused-ring (bicyclic) bond motifs is 1. The molecule has 0 unspecified atom stereocenters. The molecule has 3 rings (SSSR count). The highest BCUT2D eigenvalue weighted by Crippen LogP contribution is 2.28. The fraction of sp³-hybridized carbons (Fsp3) is 0.154. The van der Waals surface area contributed by atoms with Gasteiger partial charge in [-0.15, -0.1) is 0 Å². The maximum absolute atomic E-state index is 13.2. The number of rotatable bonds is 2. The van der Waals surface area contributed by atoms with Crippen LogP contribution in [0, 0.1) is 5.82 Å². The van der Waals surface area contributed by atoms with Gasteiger partial charge in [0.15, 0.2) is 5.76 Å². The van der Waals surface area contributed by atoms with Crippen molar-refractivity contribution in [1.82, 2.24) is 9.55 Å². The van der Waals surface area contributed by atoms with Crippen LogP contribution in [0.1, 0.15) is 5.89 Å². The van der Waals surface area contributed by atoms with Crippen LogP contribution in [0.25, 0.3) is 22.4 Å². The third kappa shape index (κ3) is 1.60. The van der Waals surface area contributed by atoms with E-state index in [4.69, 9.17) is 10.2 Å². The smallest absolute Gasteiger partial charge is 0.208 e. The van der Waals surface area contributed by atoms with Crippen LogP contribution in [0.5, 0.6) is 0 Å². The lowest BCUT2D eigenvalue weighted by Crippen LogP contribution is -1.95. The minimum Gasteiger partial charge on any atom is -0.438 e. The highest BCUT2D eigenvalue weighted by molar-refractivity contribution is 5.86. The van der Waals surface area contributed by atoms with E-state index in [1.54, 1.807) is 12.3 Å². The van der Waals surface area contributed by atoms with E-state index >= 15 is 0 Å². The second-order valence-corrected chi connectivity index (χ2v) is 4.11. The normalized spacial score (nSPS) is 11.3. The molecule has 3 aromatic rings. The fourth-order valence-corrected chi connectivity index (χ4v) is 2.08. The van der Waals surface area contributed by atoms with Crippen LogP contribution in [0.3, 0.4) is 0 Å². The van der Waals surface area contributed by atoms with Gasteiger partial charge in [-0.2, -0.15) is 0 Å². The summed E-state index contributed by atoms with van der Waals surface area (Å²) >= 11 is 0. The summed E-state index contributed by atoms with van der Waals surface area (Å²) in [6.07, 6.45) is 1.63. The van der Waals surface area contributed by atoms with Gasteiger partial charge in [0.25, 0.3) is 0 Å². The van der Waals surface area contributed by atoms with Gasteiger partial charge in [0.05, 0.1) is 18.4 Å². The Labute approximate surface area is 103 Å². The summed E-state index contributed by atoms with van der Waals surface area (Å²) in [5.41, 5.74) is 7.25. The van der Waals surface area contributed by atoms with E-state index in [2.05, 4.69) is 4.98 Å². The molecule has 0 radical (unpaired) electrons. The maximum Gasteiger partial charge on any atom is 0.208 e. The summed E-state index contributed by atoms with van der Waals surface area (Å²) in [5.74, 6) is 0.871. The van der Waals surface area contributed by atoms with Crippen LogP contribution in [0.15, 0.2) is 34.9 Å². The van der Waals surface area contributed by atoms with Crippen LogP contribution in [-0.2, 0) is 13.6 Å². The molecule has 0 amide bonds. The Morgan fingerprint density at radius 1 is 1.39 bits per heavy atom. The minimum absolute atomic E-state index is 0.250. The standard InChI is InChI=1S/C13H12FN3O/c1-17-10-3-2-9(14)4-8(10)5-11(17)12-7-16-13(6-15)18-12/h2-5,7H,6,15H2,1H3. The van der Waals surface area contributed by atoms with E-state index in [-0.39, 0.29) is 12.4 Å². The van der Waals surface area contributed by atoms with Gasteiger partial charge in [0.1, 0.15) is 5.82 Å². The average Bonchev–Trinajstić information content (AvgIpc) is 2.94. The van der Waals surface area contributed by atoms with Crippen LogP contribution in [-0.4, -0.2) is 9.55 Å². The van der Waals surface area contributed by atoms with Gasteiger partial charge >= 0.3 is 0 Å². The van der Waals surface area contributed by atoms with E-state index in [1.807, 2.05) is 17.7 Å². The number of hydrogen-bond acceptors (Lipinski definition) is 3. The SMILES string of the molecule is Cn1c(-c2cnc(CN)o2)cc2cc(F)ccc21. The van der Waals surface area contributed by atoms with Gasteiger partial charge in [0.2, 0.25) is 5.89 Å². The summed E-state index contributed by atoms with van der Waals surface area (Å²) in [6.45, 7) is 0.262. The second kappa shape index (κ2) is 3.96. The van der Waals surface area contributed by atoms with Crippen molar-refractivity contribution < 1.29 is 8.81 Å². The lowest BCUT2D eigenvalue weighted by molar-refractivity contribution is 0.506. The quantitative estimate of drug-likeness (QED) is 0.754. The zero-order chi connectivity index (χ0) is 12.7. The van der Waals surface area contributed by atoms with Crippen molar-refractivity contribution in [2.75, 3.05) is 0 Å². The molecule has 4 nitrogen and oxygen atoms in total. The highest BCUT2D eigenvalue weighted by Gasteiger charge is 2.12. The van der Waals surface area contributed by atoms with E-state index in [0.29, 0.717) is 11.7 Å². The molecule has 0 fully saturated rings. The Balaban J connectivity index is 2.20. The molecule has 0 atom stereocenters. The summed E-state index contributed by atoms with van der Waals surface area (Å²) in [5, 5.41) is 0.832. The van der Waals surface area contributed by atoms with Gasteiger partial charge < -0.3 is 14.7 Å². The lowest BCUT2D eigenvalue weighted by atomic mass is 10.2. The summed E-state index contributed by atoms with van der Waals surface area (Å²) in [6, 6.07) is 6.56. The van der Waals surface area contributed by atoms with Crippen LogP contribution in [0.2, 0.25) is 0 Å². The zero-order valence-electron chi connectivity index (χ0n) is 9.85. The third-order valence-corrected chi connectivity index (χ3v) is 2.99. The fourth-order valence-electron chi connectivity index (χ4n) is 2.08. The van der Waals surface area contributed by atoms with Crippen LogP contribution in [0.4, 0.5) is 4.39 Å². The number of halogens is 1. The Morgan fingerprint density at radius 2 is 2.22 bits per heavy atom. The van der Waals surface area contributed by atoms with E-state index in [1.165, 1.54) is 12.1 Å². The molecule has 0 saturated heterocycles. The van der Waals surface area contributed by atoms with Gasteiger partial charge in [-0.1, -0.05) is 0 Å². The first-order valence-electron chi connectivity index (χ1n) is 5.59. The first-order chi connectivity index (χ1) is 8.69. The van der Waals surface area contributed by atoms with Crippen molar-refractivity contribution in [2.24, 2.45) is 12.8 Å². The monoisotopic (exact) mass is 245 g/mol. The van der Waals surface area contributed by atoms with Crippen molar-refractivity contribution in [2.45, 2.75) is 6.54 Å². The molecule has 18 heavy (non-hydrogen) atoms. The number of hydrogen-bond donors (Lipinski definition) is 1. The largest absolute Gasteiger partial charge is 0.438 e. The first kappa shape index (κ1) is 11.0. The number of aryl methyl sites for hydroxylation is 1. The molecular weight excluding hydrogens is 233 g/mol. The van der Waals surface area contributed by atoms with E-state index in [0.717, 1.165) is 16.6 Å². The highest BCUT2D eigenvalue weighted by atomic mass is 19.1. The van der Waals surface area contributed by atoms with Crippen molar-refractivity contribution in [1.29, 1.82) is 0 Å². The number of oxazole rings is 1. The Bertz CT molecular complexity index is 714. The van der Waals surface area contributed by atoms with Crippen molar-refractivity contribution in [3.05, 3.63) is 42.2 Å². The molecule has 0 bridgehead atoms. The Kier molecular flexibility index (Phi) is 2.41. The Morgan fingerprint density at radius 3 is 2.94 bits per heavy atom. The maximum atomic E-state index is 13.2. The van der Waals surface area contributed by atoms with Gasteiger partial charge in [-0.25, -0.2) is 9.37 Å². The van der Waals surface area contributed by atoms with E-state index < -0.39 is 0 Å². The number of benzene rings is 1. The van der Waals surface area contributed by atoms with Crippen molar-refractivity contribution >= 4 is 10.9 Å². The van der Waals surface area contributed by atoms with Gasteiger partial charge in [-0.05, 0) is 24.3 Å². The van der Waals surface area contributed by atoms with Gasteiger partial charge in [-0.3, -0.25) is 0 Å². The minimum atomic E-state index is -0.250. The topological polar surface area (TPSA) is 57.0 Å². The predicted octanol–water partition coefficient (Wildman–Crippen LogP) is 2.43. The van der Waals surface area contributed by atoms with Crippen molar-refractivity contribution in [3.8, 4) is 11.5 Å². The number of nitrogens with two attached hydrogens (primary N) is 1. The zero-order valence-corrected chi connectivity index (χ0v) is 9.85. The molecule has 5 heteroatoms. The molecular formula is C13H12FN3O. The Hall–Kier alpha value is -2.14. The molecule has 2 heterocycles. The molecule has 0 spiro atoms. The molecule has 2 aromatic heterocycles. The summed E-state index contributed by atoms with van der Waals surface area (Å²) < 4.78 is 20.6. The molecule has 0 aliphatic carbocycles. The van der Waals surface area contributed by atoms with E-state index in [9.17, 15) is 4.39 Å². The molecule has 0 aliphatic heterocycles. The average molecular weight is 245 g/mol. The summed E-state index contributed by atoms with van der Waals surface area (Å²) in [7, 11) is 1.90. The molecule has 92 valence electrons. The molecule has 0 aliphatic rings.